The van der Waals surface area contributed by atoms with Gasteiger partial charge >= 0.3 is 0 Å². The summed E-state index contributed by atoms with van der Waals surface area (Å²) in [5, 5.41) is 3.40. The van der Waals surface area contributed by atoms with E-state index in [1.807, 2.05) is 13.8 Å². The molecule has 1 aliphatic rings. The Morgan fingerprint density at radius 1 is 0.967 bits per heavy atom. The number of nitrogens with one attached hydrogen (secondary N) is 1. The maximum atomic E-state index is 6.12. The van der Waals surface area contributed by atoms with Crippen LogP contribution in [0.4, 0.5) is 0 Å². The highest BCUT2D eigenvalue weighted by Crippen LogP contribution is 2.32. The van der Waals surface area contributed by atoms with E-state index in [4.69, 9.17) is 10.7 Å². The van der Waals surface area contributed by atoms with Gasteiger partial charge in [-0.15, -0.1) is 0 Å². The van der Waals surface area contributed by atoms with Crippen LogP contribution in [0.15, 0.2) is 71.4 Å². The predicted octanol–water partition coefficient (Wildman–Crippen LogP) is 5.30. The van der Waals surface area contributed by atoms with E-state index in [2.05, 4.69) is 74.3 Å². The lowest BCUT2D eigenvalue weighted by Crippen LogP contribution is -2.42. The molecule has 158 valence electrons. The Balaban J connectivity index is 1.93. The van der Waals surface area contributed by atoms with Crippen molar-refractivity contribution in [3.05, 3.63) is 88.6 Å². The fourth-order valence-corrected chi connectivity index (χ4v) is 3.70. The highest BCUT2D eigenvalue weighted by Gasteiger charge is 2.23. The summed E-state index contributed by atoms with van der Waals surface area (Å²) >= 11 is 0. The quantitative estimate of drug-likeness (QED) is 0.599. The van der Waals surface area contributed by atoms with Crippen molar-refractivity contribution in [2.45, 2.75) is 52.5 Å². The molecular formula is C27H35N3. The van der Waals surface area contributed by atoms with E-state index in [1.165, 1.54) is 33.4 Å². The number of aryl methyl sites for hydroxylation is 2. The van der Waals surface area contributed by atoms with E-state index in [1.54, 1.807) is 0 Å². The van der Waals surface area contributed by atoms with Gasteiger partial charge in [-0.05, 0) is 49.0 Å². The van der Waals surface area contributed by atoms with Gasteiger partial charge in [0.05, 0.1) is 12.3 Å². The molecule has 0 fully saturated rings. The second-order valence-corrected chi connectivity index (χ2v) is 8.87. The summed E-state index contributed by atoms with van der Waals surface area (Å²) in [6.07, 6.45) is 2.87. The van der Waals surface area contributed by atoms with E-state index in [0.717, 1.165) is 30.7 Å². The first-order chi connectivity index (χ1) is 14.3. The number of nitrogens with zero attached hydrogens (tertiary/aromatic N) is 1. The third kappa shape index (κ3) is 5.48. The summed E-state index contributed by atoms with van der Waals surface area (Å²) in [6, 6.07) is 17.7. The largest absolute Gasteiger partial charge is 0.387 e. The van der Waals surface area contributed by atoms with Crippen molar-refractivity contribution in [1.29, 1.82) is 0 Å². The summed E-state index contributed by atoms with van der Waals surface area (Å²) < 4.78 is 0. The average molecular weight is 402 g/mol. The maximum Gasteiger partial charge on any atom is 0.0729 e. The summed E-state index contributed by atoms with van der Waals surface area (Å²) in [5.41, 5.74) is 15.6. The van der Waals surface area contributed by atoms with Crippen LogP contribution in [0.2, 0.25) is 0 Å². The first kappa shape index (κ1) is 22.0. The molecule has 0 aromatic heterocycles. The molecule has 2 aromatic carbocycles. The Labute approximate surface area is 181 Å². The SMILES string of the molecule is C=C(CC1=C(c2ccc(CC)cc2)C(c2ccc(CC)cc2)=NC1)NCC(C)(C)N. The number of rotatable bonds is 9. The van der Waals surface area contributed by atoms with Crippen molar-refractivity contribution in [3.8, 4) is 0 Å². The van der Waals surface area contributed by atoms with E-state index < -0.39 is 0 Å². The molecule has 30 heavy (non-hydrogen) atoms. The Bertz CT molecular complexity index is 939. The number of hydrogen-bond donors (Lipinski definition) is 2. The molecule has 3 heteroatoms. The first-order valence-corrected chi connectivity index (χ1v) is 11.0. The van der Waals surface area contributed by atoms with Gasteiger partial charge in [0.1, 0.15) is 0 Å². The van der Waals surface area contributed by atoms with Crippen LogP contribution in [0, 0.1) is 0 Å². The lowest BCUT2D eigenvalue weighted by molar-refractivity contribution is 0.489. The second-order valence-electron chi connectivity index (χ2n) is 8.87. The van der Waals surface area contributed by atoms with Gasteiger partial charge in [-0.25, -0.2) is 0 Å². The molecule has 0 atom stereocenters. The molecule has 1 aliphatic heterocycles. The molecule has 0 unspecified atom stereocenters. The van der Waals surface area contributed by atoms with Crippen LogP contribution in [0.3, 0.4) is 0 Å². The molecule has 3 rings (SSSR count). The third-order valence-electron chi connectivity index (χ3n) is 5.53. The van der Waals surface area contributed by atoms with Crippen LogP contribution in [0.1, 0.15) is 56.4 Å². The number of allylic oxidation sites excluding steroid dienone is 2. The van der Waals surface area contributed by atoms with Crippen molar-refractivity contribution in [2.24, 2.45) is 10.7 Å². The average Bonchev–Trinajstić information content (AvgIpc) is 3.15. The Hall–Kier alpha value is -2.65. The molecule has 2 aromatic rings. The normalized spacial score (nSPS) is 14.1. The number of nitrogens with two attached hydrogens (primary N) is 1. The summed E-state index contributed by atoms with van der Waals surface area (Å²) in [5.74, 6) is 0. The minimum absolute atomic E-state index is 0.269. The topological polar surface area (TPSA) is 50.4 Å². The van der Waals surface area contributed by atoms with Gasteiger partial charge in [-0.3, -0.25) is 4.99 Å². The zero-order chi connectivity index (χ0) is 21.7. The number of aliphatic imine (C=N–C) groups is 1. The highest BCUT2D eigenvalue weighted by atomic mass is 14.9. The maximum absolute atomic E-state index is 6.12. The minimum Gasteiger partial charge on any atom is -0.387 e. The van der Waals surface area contributed by atoms with Crippen LogP contribution in [-0.2, 0) is 12.8 Å². The lowest BCUT2D eigenvalue weighted by Gasteiger charge is -2.21. The highest BCUT2D eigenvalue weighted by molar-refractivity contribution is 6.33. The molecule has 0 saturated heterocycles. The molecule has 0 radical (unpaired) electrons. The smallest absolute Gasteiger partial charge is 0.0729 e. The summed E-state index contributed by atoms with van der Waals surface area (Å²) in [7, 11) is 0. The lowest BCUT2D eigenvalue weighted by atomic mass is 9.91. The molecule has 3 N–H and O–H groups in total. The van der Waals surface area contributed by atoms with Crippen LogP contribution < -0.4 is 11.1 Å². The molecule has 0 amide bonds. The standard InChI is InChI=1S/C27H35N3/c1-6-20-8-12-22(13-9-20)25-24(16-19(3)30-18-27(4,5)28)17-29-26(25)23-14-10-21(7-2)11-15-23/h8-15,30H,3,6-7,16-18,28H2,1-2,4-5H3. The van der Waals surface area contributed by atoms with E-state index in [-0.39, 0.29) is 5.54 Å². The Kier molecular flexibility index (Phi) is 6.94. The third-order valence-corrected chi connectivity index (χ3v) is 5.53. The zero-order valence-electron chi connectivity index (χ0n) is 18.9. The van der Waals surface area contributed by atoms with Crippen molar-refractivity contribution in [3.63, 3.8) is 0 Å². The van der Waals surface area contributed by atoms with Gasteiger partial charge in [0.2, 0.25) is 0 Å². The molecule has 3 nitrogen and oxygen atoms in total. The Morgan fingerprint density at radius 3 is 2.00 bits per heavy atom. The Morgan fingerprint density at radius 2 is 1.50 bits per heavy atom. The fraction of sp³-hybridized carbons (Fsp3) is 0.370. The van der Waals surface area contributed by atoms with E-state index >= 15 is 0 Å². The van der Waals surface area contributed by atoms with Crippen LogP contribution in [-0.4, -0.2) is 24.3 Å². The van der Waals surface area contributed by atoms with Gasteiger partial charge in [-0.2, -0.15) is 0 Å². The van der Waals surface area contributed by atoms with E-state index in [9.17, 15) is 0 Å². The molecular weight excluding hydrogens is 366 g/mol. The predicted molar refractivity (Wildman–Crippen MR) is 130 cm³/mol. The van der Waals surface area contributed by atoms with Crippen molar-refractivity contribution in [2.75, 3.05) is 13.1 Å². The molecule has 0 saturated carbocycles. The van der Waals surface area contributed by atoms with Crippen molar-refractivity contribution >= 4 is 11.3 Å². The van der Waals surface area contributed by atoms with Gasteiger partial charge in [0.15, 0.2) is 0 Å². The molecule has 0 bridgehead atoms. The van der Waals surface area contributed by atoms with Gasteiger partial charge in [0, 0.05) is 35.3 Å². The van der Waals surface area contributed by atoms with Crippen LogP contribution in [0.25, 0.3) is 5.57 Å². The number of benzene rings is 2. The first-order valence-electron chi connectivity index (χ1n) is 11.0. The minimum atomic E-state index is -0.269. The van der Waals surface area contributed by atoms with Crippen LogP contribution >= 0.6 is 0 Å². The van der Waals surface area contributed by atoms with Crippen molar-refractivity contribution < 1.29 is 0 Å². The fourth-order valence-electron chi connectivity index (χ4n) is 3.70. The zero-order valence-corrected chi connectivity index (χ0v) is 18.9. The van der Waals surface area contributed by atoms with Crippen molar-refractivity contribution in [1.82, 2.24) is 5.32 Å². The monoisotopic (exact) mass is 401 g/mol. The summed E-state index contributed by atoms with van der Waals surface area (Å²) in [6.45, 7) is 14.1. The second kappa shape index (κ2) is 9.44. The summed E-state index contributed by atoms with van der Waals surface area (Å²) in [4.78, 5) is 4.95. The van der Waals surface area contributed by atoms with Gasteiger partial charge in [0.25, 0.3) is 0 Å². The number of hydrogen-bond acceptors (Lipinski definition) is 3. The molecule has 0 aliphatic carbocycles. The van der Waals surface area contributed by atoms with Crippen LogP contribution in [0.5, 0.6) is 0 Å². The van der Waals surface area contributed by atoms with Gasteiger partial charge < -0.3 is 11.1 Å². The molecule has 0 spiro atoms. The molecule has 1 heterocycles. The van der Waals surface area contributed by atoms with E-state index in [0.29, 0.717) is 13.1 Å². The van der Waals surface area contributed by atoms with Gasteiger partial charge in [-0.1, -0.05) is 69.0 Å².